The highest BCUT2D eigenvalue weighted by Gasteiger charge is 2.22. The van der Waals surface area contributed by atoms with E-state index in [1.807, 2.05) is 0 Å². The SMILES string of the molecule is O=C(Nc1cccc([N+](=O)[O-])c1)N1CCC(CO)CC1. The lowest BCUT2D eigenvalue weighted by Crippen LogP contribution is -2.41. The summed E-state index contributed by atoms with van der Waals surface area (Å²) in [5.41, 5.74) is 0.357. The van der Waals surface area contributed by atoms with Crippen LogP contribution in [-0.2, 0) is 0 Å². The standard InChI is InChI=1S/C13H17N3O4/c17-9-10-4-6-15(7-5-10)13(18)14-11-2-1-3-12(8-11)16(19)20/h1-3,8,10,17H,4-7,9H2,(H,14,18). The highest BCUT2D eigenvalue weighted by atomic mass is 16.6. The zero-order chi connectivity index (χ0) is 14.5. The molecule has 0 bridgehead atoms. The van der Waals surface area contributed by atoms with Crippen LogP contribution in [0.25, 0.3) is 0 Å². The first-order valence-electron chi connectivity index (χ1n) is 6.51. The molecule has 20 heavy (non-hydrogen) atoms. The van der Waals surface area contributed by atoms with Gasteiger partial charge in [-0.25, -0.2) is 4.79 Å². The highest BCUT2D eigenvalue weighted by Crippen LogP contribution is 2.20. The molecule has 1 heterocycles. The number of amides is 2. The van der Waals surface area contributed by atoms with E-state index in [1.54, 1.807) is 11.0 Å². The number of rotatable bonds is 3. The molecule has 0 saturated carbocycles. The molecule has 2 amide bonds. The summed E-state index contributed by atoms with van der Waals surface area (Å²) in [6, 6.07) is 5.60. The molecule has 0 spiro atoms. The van der Waals surface area contributed by atoms with Gasteiger partial charge < -0.3 is 15.3 Å². The number of nitro benzene ring substituents is 1. The number of carbonyl (C=O) groups is 1. The maximum Gasteiger partial charge on any atom is 0.321 e. The number of aliphatic hydroxyl groups excluding tert-OH is 1. The molecule has 108 valence electrons. The van der Waals surface area contributed by atoms with Crippen molar-refractivity contribution < 1.29 is 14.8 Å². The van der Waals surface area contributed by atoms with Crippen LogP contribution >= 0.6 is 0 Å². The van der Waals surface area contributed by atoms with Crippen molar-refractivity contribution in [1.82, 2.24) is 4.90 Å². The summed E-state index contributed by atoms with van der Waals surface area (Å²) in [4.78, 5) is 23.9. The van der Waals surface area contributed by atoms with Gasteiger partial charge in [-0.2, -0.15) is 0 Å². The van der Waals surface area contributed by atoms with Crippen LogP contribution in [0, 0.1) is 16.0 Å². The maximum absolute atomic E-state index is 12.0. The second kappa shape index (κ2) is 6.33. The molecule has 1 aromatic rings. The molecule has 0 aromatic heterocycles. The Morgan fingerprint density at radius 1 is 1.45 bits per heavy atom. The number of hydrogen-bond donors (Lipinski definition) is 2. The van der Waals surface area contributed by atoms with Gasteiger partial charge in [0.2, 0.25) is 0 Å². The molecule has 0 radical (unpaired) electrons. The van der Waals surface area contributed by atoms with Crippen LogP contribution in [0.15, 0.2) is 24.3 Å². The van der Waals surface area contributed by atoms with Crippen LogP contribution in [0.3, 0.4) is 0 Å². The van der Waals surface area contributed by atoms with Gasteiger partial charge in [0.05, 0.1) is 4.92 Å². The largest absolute Gasteiger partial charge is 0.396 e. The number of nitrogens with one attached hydrogen (secondary N) is 1. The Hall–Kier alpha value is -2.15. The van der Waals surface area contributed by atoms with Crippen molar-refractivity contribution >= 4 is 17.4 Å². The van der Waals surface area contributed by atoms with E-state index in [4.69, 9.17) is 5.11 Å². The summed E-state index contributed by atoms with van der Waals surface area (Å²) < 4.78 is 0. The Bertz CT molecular complexity index is 498. The molecule has 0 atom stereocenters. The van der Waals surface area contributed by atoms with E-state index in [0.717, 1.165) is 12.8 Å². The second-order valence-corrected chi connectivity index (χ2v) is 4.85. The van der Waals surface area contributed by atoms with E-state index in [1.165, 1.54) is 18.2 Å². The first-order valence-corrected chi connectivity index (χ1v) is 6.51. The molecule has 7 heteroatoms. The number of non-ortho nitro benzene ring substituents is 1. The normalized spacial score (nSPS) is 15.9. The van der Waals surface area contributed by atoms with E-state index >= 15 is 0 Å². The summed E-state index contributed by atoms with van der Waals surface area (Å²) in [5, 5.41) is 22.4. The zero-order valence-electron chi connectivity index (χ0n) is 11.0. The first kappa shape index (κ1) is 14.3. The van der Waals surface area contributed by atoms with Crippen LogP contribution in [-0.4, -0.2) is 40.7 Å². The molecule has 1 aliphatic rings. The number of carbonyl (C=O) groups excluding carboxylic acids is 1. The van der Waals surface area contributed by atoms with E-state index < -0.39 is 4.92 Å². The fourth-order valence-corrected chi connectivity index (χ4v) is 2.22. The lowest BCUT2D eigenvalue weighted by Gasteiger charge is -2.31. The molecule has 0 unspecified atom stereocenters. The number of piperidine rings is 1. The molecular formula is C13H17N3O4. The molecule has 1 saturated heterocycles. The fourth-order valence-electron chi connectivity index (χ4n) is 2.22. The van der Waals surface area contributed by atoms with Gasteiger partial charge in [0, 0.05) is 37.5 Å². The Kier molecular flexibility index (Phi) is 4.52. The fraction of sp³-hybridized carbons (Fsp3) is 0.462. The molecule has 2 rings (SSSR count). The van der Waals surface area contributed by atoms with Gasteiger partial charge in [-0.15, -0.1) is 0 Å². The number of aliphatic hydroxyl groups is 1. The predicted octanol–water partition coefficient (Wildman–Crippen LogP) is 1.83. The number of likely N-dealkylation sites (tertiary alicyclic amines) is 1. The Morgan fingerprint density at radius 3 is 2.75 bits per heavy atom. The highest BCUT2D eigenvalue weighted by molar-refractivity contribution is 5.89. The minimum atomic E-state index is -0.498. The lowest BCUT2D eigenvalue weighted by molar-refractivity contribution is -0.384. The molecule has 2 N–H and O–H groups in total. The number of nitro groups is 1. The van der Waals surface area contributed by atoms with Gasteiger partial charge >= 0.3 is 6.03 Å². The zero-order valence-corrected chi connectivity index (χ0v) is 11.0. The van der Waals surface area contributed by atoms with Gasteiger partial charge in [0.25, 0.3) is 5.69 Å². The summed E-state index contributed by atoms with van der Waals surface area (Å²) in [6.07, 6.45) is 1.55. The van der Waals surface area contributed by atoms with Crippen molar-refractivity contribution in [3.05, 3.63) is 34.4 Å². The van der Waals surface area contributed by atoms with Crippen molar-refractivity contribution in [3.63, 3.8) is 0 Å². The van der Waals surface area contributed by atoms with Gasteiger partial charge in [-0.1, -0.05) is 6.07 Å². The van der Waals surface area contributed by atoms with Crippen LogP contribution in [0.2, 0.25) is 0 Å². The summed E-state index contributed by atoms with van der Waals surface area (Å²) in [5.74, 6) is 0.261. The molecular weight excluding hydrogens is 262 g/mol. The van der Waals surface area contributed by atoms with Crippen molar-refractivity contribution in [1.29, 1.82) is 0 Å². The van der Waals surface area contributed by atoms with Gasteiger partial charge in [0.15, 0.2) is 0 Å². The van der Waals surface area contributed by atoms with E-state index in [9.17, 15) is 14.9 Å². The number of hydrogen-bond acceptors (Lipinski definition) is 4. The van der Waals surface area contributed by atoms with E-state index in [-0.39, 0.29) is 24.2 Å². The number of urea groups is 1. The third-order valence-corrected chi connectivity index (χ3v) is 3.47. The van der Waals surface area contributed by atoms with Crippen molar-refractivity contribution in [2.45, 2.75) is 12.8 Å². The smallest absolute Gasteiger partial charge is 0.321 e. The second-order valence-electron chi connectivity index (χ2n) is 4.85. The van der Waals surface area contributed by atoms with Gasteiger partial charge in [-0.05, 0) is 24.8 Å². The van der Waals surface area contributed by atoms with Crippen molar-refractivity contribution in [2.24, 2.45) is 5.92 Å². The lowest BCUT2D eigenvalue weighted by atomic mass is 9.98. The van der Waals surface area contributed by atoms with Crippen LogP contribution < -0.4 is 5.32 Å². The number of benzene rings is 1. The summed E-state index contributed by atoms with van der Waals surface area (Å²) in [6.45, 7) is 1.33. The van der Waals surface area contributed by atoms with Gasteiger partial charge in [0.1, 0.15) is 0 Å². The van der Waals surface area contributed by atoms with Crippen LogP contribution in [0.5, 0.6) is 0 Å². The van der Waals surface area contributed by atoms with Crippen LogP contribution in [0.1, 0.15) is 12.8 Å². The summed E-state index contributed by atoms with van der Waals surface area (Å²) >= 11 is 0. The molecule has 7 nitrogen and oxygen atoms in total. The minimum Gasteiger partial charge on any atom is -0.396 e. The average molecular weight is 279 g/mol. The number of nitrogens with zero attached hydrogens (tertiary/aromatic N) is 2. The minimum absolute atomic E-state index is 0.0539. The third kappa shape index (κ3) is 3.45. The molecule has 0 aliphatic carbocycles. The van der Waals surface area contributed by atoms with E-state index in [0.29, 0.717) is 18.8 Å². The maximum atomic E-state index is 12.0. The molecule has 1 aromatic carbocycles. The number of anilines is 1. The average Bonchev–Trinajstić information content (AvgIpc) is 2.47. The quantitative estimate of drug-likeness (QED) is 0.651. The predicted molar refractivity (Wildman–Crippen MR) is 73.5 cm³/mol. The molecule has 1 fully saturated rings. The monoisotopic (exact) mass is 279 g/mol. The van der Waals surface area contributed by atoms with Crippen LogP contribution in [0.4, 0.5) is 16.2 Å². The van der Waals surface area contributed by atoms with Crippen molar-refractivity contribution in [2.75, 3.05) is 25.0 Å². The first-order chi connectivity index (χ1) is 9.60. The third-order valence-electron chi connectivity index (χ3n) is 3.47. The summed E-state index contributed by atoms with van der Waals surface area (Å²) in [7, 11) is 0. The van der Waals surface area contributed by atoms with Gasteiger partial charge in [-0.3, -0.25) is 10.1 Å². The Balaban J connectivity index is 1.95. The Labute approximate surface area is 116 Å². The van der Waals surface area contributed by atoms with E-state index in [2.05, 4.69) is 5.32 Å². The topological polar surface area (TPSA) is 95.7 Å². The molecule has 1 aliphatic heterocycles. The Morgan fingerprint density at radius 2 is 2.15 bits per heavy atom. The van der Waals surface area contributed by atoms with Crippen molar-refractivity contribution in [3.8, 4) is 0 Å².